The van der Waals surface area contributed by atoms with Crippen molar-refractivity contribution in [2.75, 3.05) is 14.1 Å². The van der Waals surface area contributed by atoms with Crippen molar-refractivity contribution in [3.63, 3.8) is 0 Å². The van der Waals surface area contributed by atoms with Gasteiger partial charge in [-0.15, -0.1) is 5.10 Å². The van der Waals surface area contributed by atoms with Gasteiger partial charge in [-0.2, -0.15) is 0 Å². The van der Waals surface area contributed by atoms with Gasteiger partial charge in [0.2, 0.25) is 0 Å². The van der Waals surface area contributed by atoms with Crippen LogP contribution in [0.15, 0.2) is 6.20 Å². The van der Waals surface area contributed by atoms with Crippen LogP contribution in [0.5, 0.6) is 0 Å². The Hall–Kier alpha value is -2.16. The molecule has 0 atom stereocenters. The summed E-state index contributed by atoms with van der Waals surface area (Å²) in [6.45, 7) is -0.0732. The molecule has 0 aliphatic heterocycles. The number of carbonyl (C=O) groups is 2. The summed E-state index contributed by atoms with van der Waals surface area (Å²) in [5.41, 5.74) is 2.97. The van der Waals surface area contributed by atoms with Gasteiger partial charge in [0, 0.05) is 14.1 Å². The Morgan fingerprint density at radius 3 is 2.82 bits per heavy atom. The predicted molar refractivity (Wildman–Crippen MR) is 56.7 cm³/mol. The summed E-state index contributed by atoms with van der Waals surface area (Å²) >= 11 is 0. The fourth-order valence-electron chi connectivity index (χ4n) is 1.05. The molecule has 1 rings (SSSR count). The summed E-state index contributed by atoms with van der Waals surface area (Å²) < 4.78 is 1.18. The first-order chi connectivity index (χ1) is 7.97. The van der Waals surface area contributed by atoms with Gasteiger partial charge in [-0.3, -0.25) is 10.2 Å². The van der Waals surface area contributed by atoms with Crippen molar-refractivity contribution in [2.24, 2.45) is 0 Å². The van der Waals surface area contributed by atoms with E-state index in [4.69, 9.17) is 5.11 Å². The van der Waals surface area contributed by atoms with Gasteiger partial charge in [-0.25, -0.2) is 14.5 Å². The molecule has 0 saturated carbocycles. The van der Waals surface area contributed by atoms with Crippen molar-refractivity contribution in [1.29, 1.82) is 0 Å². The maximum absolute atomic E-state index is 11.2. The fourth-order valence-corrected chi connectivity index (χ4v) is 1.05. The number of urea groups is 1. The van der Waals surface area contributed by atoms with Crippen LogP contribution in [0.3, 0.4) is 0 Å². The van der Waals surface area contributed by atoms with Gasteiger partial charge in [0.15, 0.2) is 0 Å². The maximum atomic E-state index is 11.2. The van der Waals surface area contributed by atoms with Gasteiger partial charge in [0.05, 0.1) is 12.7 Å². The van der Waals surface area contributed by atoms with E-state index in [1.165, 1.54) is 15.9 Å². The number of nitrogens with zero attached hydrogens (tertiary/aromatic N) is 4. The number of carboxylic acid groups (broad SMARTS) is 1. The molecule has 0 saturated heterocycles. The number of hydrazine groups is 1. The second-order valence-corrected chi connectivity index (χ2v) is 3.49. The van der Waals surface area contributed by atoms with Gasteiger partial charge < -0.3 is 10.4 Å². The molecule has 9 heteroatoms. The number of aromatic nitrogens is 3. The predicted octanol–water partition coefficient (Wildman–Crippen LogP) is -1.36. The number of hydrogen-bond donors (Lipinski definition) is 3. The van der Waals surface area contributed by atoms with Crippen molar-refractivity contribution in [3.8, 4) is 0 Å². The van der Waals surface area contributed by atoms with Crippen molar-refractivity contribution < 1.29 is 14.7 Å². The summed E-state index contributed by atoms with van der Waals surface area (Å²) in [4.78, 5) is 21.6. The minimum Gasteiger partial charge on any atom is -0.480 e. The summed E-state index contributed by atoms with van der Waals surface area (Å²) in [7, 11) is 3.37. The highest BCUT2D eigenvalue weighted by Crippen LogP contribution is 1.92. The highest BCUT2D eigenvalue weighted by molar-refractivity contribution is 5.73. The Balaban J connectivity index is 2.39. The molecule has 94 valence electrons. The summed E-state index contributed by atoms with van der Waals surface area (Å²) in [6.07, 6.45) is 1.46. The average Bonchev–Trinajstić information content (AvgIpc) is 2.60. The molecule has 0 bridgehead atoms. The minimum absolute atomic E-state index is 0.180. The molecule has 0 unspecified atom stereocenters. The van der Waals surface area contributed by atoms with Crippen LogP contribution >= 0.6 is 0 Å². The lowest BCUT2D eigenvalue weighted by Crippen LogP contribution is -2.42. The van der Waals surface area contributed by atoms with E-state index in [0.29, 0.717) is 5.69 Å². The van der Waals surface area contributed by atoms with Gasteiger partial charge in [0.25, 0.3) is 0 Å². The fraction of sp³-hybridized carbons (Fsp3) is 0.500. The van der Waals surface area contributed by atoms with Crippen molar-refractivity contribution in [1.82, 2.24) is 30.7 Å². The average molecular weight is 242 g/mol. The van der Waals surface area contributed by atoms with Crippen molar-refractivity contribution in [3.05, 3.63) is 11.9 Å². The third kappa shape index (κ3) is 4.93. The molecule has 0 aliphatic rings. The third-order valence-corrected chi connectivity index (χ3v) is 1.64. The van der Waals surface area contributed by atoms with Crippen LogP contribution in [0.2, 0.25) is 0 Å². The number of amides is 2. The highest BCUT2D eigenvalue weighted by atomic mass is 16.4. The van der Waals surface area contributed by atoms with Gasteiger partial charge in [-0.05, 0) is 0 Å². The van der Waals surface area contributed by atoms with E-state index in [1.807, 2.05) is 0 Å². The molecule has 1 heterocycles. The topological polar surface area (TPSA) is 112 Å². The molecule has 0 radical (unpaired) electrons. The highest BCUT2D eigenvalue weighted by Gasteiger charge is 2.06. The van der Waals surface area contributed by atoms with Gasteiger partial charge >= 0.3 is 12.0 Å². The smallest absolute Gasteiger partial charge is 0.329 e. The van der Waals surface area contributed by atoms with E-state index in [1.54, 1.807) is 14.1 Å². The lowest BCUT2D eigenvalue weighted by atomic mass is 10.5. The second kappa shape index (κ2) is 5.80. The molecule has 0 aromatic carbocycles. The molecular formula is C8H14N6O3. The molecule has 0 aliphatic carbocycles. The third-order valence-electron chi connectivity index (χ3n) is 1.64. The molecule has 9 nitrogen and oxygen atoms in total. The van der Waals surface area contributed by atoms with E-state index in [0.717, 1.165) is 0 Å². The number of carbonyl (C=O) groups excluding carboxylic acids is 1. The van der Waals surface area contributed by atoms with E-state index in [9.17, 15) is 9.59 Å². The second-order valence-electron chi connectivity index (χ2n) is 3.49. The minimum atomic E-state index is -1.00. The van der Waals surface area contributed by atoms with Crippen molar-refractivity contribution >= 4 is 12.0 Å². The lowest BCUT2D eigenvalue weighted by Gasteiger charge is -2.11. The monoisotopic (exact) mass is 242 g/mol. The van der Waals surface area contributed by atoms with E-state index >= 15 is 0 Å². The Kier molecular flexibility index (Phi) is 4.40. The van der Waals surface area contributed by atoms with E-state index < -0.39 is 5.97 Å². The summed E-state index contributed by atoms with van der Waals surface area (Å²) in [5.74, 6) is -1.00. The van der Waals surface area contributed by atoms with Crippen LogP contribution < -0.4 is 10.7 Å². The van der Waals surface area contributed by atoms with Gasteiger partial charge in [-0.1, -0.05) is 5.21 Å². The maximum Gasteiger partial charge on any atom is 0.329 e. The Morgan fingerprint density at radius 2 is 2.24 bits per heavy atom. The van der Waals surface area contributed by atoms with Crippen LogP contribution in [-0.4, -0.2) is 51.2 Å². The molecule has 1 aromatic rings. The molecule has 17 heavy (non-hydrogen) atoms. The number of rotatable bonds is 5. The zero-order chi connectivity index (χ0) is 12.8. The SMILES string of the molecule is CN(C)NC(=O)NCc1cn(CC(=O)O)nn1. The molecule has 2 amide bonds. The molecular weight excluding hydrogens is 228 g/mol. The zero-order valence-corrected chi connectivity index (χ0v) is 9.54. The van der Waals surface area contributed by atoms with E-state index in [2.05, 4.69) is 21.1 Å². The lowest BCUT2D eigenvalue weighted by molar-refractivity contribution is -0.137. The summed E-state index contributed by atoms with van der Waals surface area (Å²) in [5, 5.41) is 19.9. The molecule has 1 aromatic heterocycles. The van der Waals surface area contributed by atoms with Crippen LogP contribution in [0, 0.1) is 0 Å². The van der Waals surface area contributed by atoms with Crippen LogP contribution in [0.25, 0.3) is 0 Å². The number of aliphatic carboxylic acids is 1. The molecule has 0 fully saturated rings. The quantitative estimate of drug-likeness (QED) is 0.550. The van der Waals surface area contributed by atoms with Crippen LogP contribution in [0.4, 0.5) is 4.79 Å². The molecule has 3 N–H and O–H groups in total. The van der Waals surface area contributed by atoms with Crippen LogP contribution in [-0.2, 0) is 17.9 Å². The standard InChI is InChI=1S/C8H14N6O3/c1-13(2)11-8(17)9-3-6-4-14(12-10-6)5-7(15)16/h4H,3,5H2,1-2H3,(H,15,16)(H2,9,11,17). The first-order valence-electron chi connectivity index (χ1n) is 4.80. The van der Waals surface area contributed by atoms with E-state index in [-0.39, 0.29) is 19.1 Å². The molecule has 0 spiro atoms. The number of nitrogens with one attached hydrogen (secondary N) is 2. The van der Waals surface area contributed by atoms with Crippen molar-refractivity contribution in [2.45, 2.75) is 13.1 Å². The van der Waals surface area contributed by atoms with Gasteiger partial charge in [0.1, 0.15) is 12.2 Å². The largest absolute Gasteiger partial charge is 0.480 e. The first kappa shape index (κ1) is 12.9. The number of hydrogen-bond acceptors (Lipinski definition) is 5. The Labute approximate surface area is 97.4 Å². The Morgan fingerprint density at radius 1 is 1.53 bits per heavy atom. The normalized spacial score (nSPS) is 10.3. The summed E-state index contributed by atoms with van der Waals surface area (Å²) in [6, 6.07) is -0.372. The number of carboxylic acids is 1. The first-order valence-corrected chi connectivity index (χ1v) is 4.80. The van der Waals surface area contributed by atoms with Crippen LogP contribution in [0.1, 0.15) is 5.69 Å². The zero-order valence-electron chi connectivity index (χ0n) is 9.54. The Bertz CT molecular complexity index is 402.